The van der Waals surface area contributed by atoms with Crippen LogP contribution in [-0.4, -0.2) is 47.6 Å². The number of likely N-dealkylation sites (tertiary alicyclic amines) is 1. The topological polar surface area (TPSA) is 69.6 Å². The number of carbonyl (C=O) groups is 2. The Balaban J connectivity index is 0.00000200. The largest absolute Gasteiger partial charge is 0.480 e. The van der Waals surface area contributed by atoms with Crippen molar-refractivity contribution in [2.75, 3.05) is 19.6 Å². The van der Waals surface area contributed by atoms with E-state index in [4.69, 9.17) is 0 Å². The van der Waals surface area contributed by atoms with Gasteiger partial charge in [0.2, 0.25) is 5.91 Å². The Bertz CT molecular complexity index is 347. The highest BCUT2D eigenvalue weighted by Crippen LogP contribution is 2.28. The van der Waals surface area contributed by atoms with Crippen LogP contribution in [0.1, 0.15) is 39.0 Å². The van der Waals surface area contributed by atoms with Gasteiger partial charge in [-0.2, -0.15) is 0 Å². The number of aliphatic carboxylic acids is 1. The summed E-state index contributed by atoms with van der Waals surface area (Å²) < 4.78 is 0. The van der Waals surface area contributed by atoms with Crippen LogP contribution >= 0.6 is 12.4 Å². The first-order valence-electron chi connectivity index (χ1n) is 7.36. The second-order valence-corrected chi connectivity index (χ2v) is 5.78. The van der Waals surface area contributed by atoms with Crippen LogP contribution < -0.4 is 5.32 Å². The summed E-state index contributed by atoms with van der Waals surface area (Å²) in [5.74, 6) is -0.0228. The van der Waals surface area contributed by atoms with E-state index in [9.17, 15) is 14.7 Å². The predicted molar refractivity (Wildman–Crippen MR) is 79.0 cm³/mol. The Morgan fingerprint density at radius 1 is 1.35 bits per heavy atom. The van der Waals surface area contributed by atoms with Crippen molar-refractivity contribution in [2.24, 2.45) is 11.8 Å². The third kappa shape index (κ3) is 4.63. The number of halogens is 1. The van der Waals surface area contributed by atoms with Crippen molar-refractivity contribution in [3.05, 3.63) is 0 Å². The van der Waals surface area contributed by atoms with Gasteiger partial charge in [0.05, 0.1) is 5.92 Å². The Morgan fingerprint density at radius 3 is 2.60 bits per heavy atom. The molecule has 1 heterocycles. The van der Waals surface area contributed by atoms with E-state index in [0.29, 0.717) is 18.9 Å². The molecule has 0 aromatic heterocycles. The maximum absolute atomic E-state index is 12.1. The van der Waals surface area contributed by atoms with Crippen molar-refractivity contribution in [3.63, 3.8) is 0 Å². The SMILES string of the molecule is CCC(C(=O)O)N1CCCC(C(=O)NCC2CC2)C1.Cl. The van der Waals surface area contributed by atoms with Crippen LogP contribution in [0.3, 0.4) is 0 Å². The van der Waals surface area contributed by atoms with Gasteiger partial charge in [0.25, 0.3) is 0 Å². The lowest BCUT2D eigenvalue weighted by Crippen LogP contribution is -2.49. The van der Waals surface area contributed by atoms with E-state index in [2.05, 4.69) is 5.32 Å². The molecule has 0 aromatic rings. The summed E-state index contributed by atoms with van der Waals surface area (Å²) >= 11 is 0. The first kappa shape index (κ1) is 17.2. The molecular weight excluding hydrogens is 280 g/mol. The molecule has 1 saturated carbocycles. The van der Waals surface area contributed by atoms with Crippen molar-refractivity contribution in [1.82, 2.24) is 10.2 Å². The van der Waals surface area contributed by atoms with Crippen molar-refractivity contribution in [1.29, 1.82) is 0 Å². The summed E-state index contributed by atoms with van der Waals surface area (Å²) in [6.45, 7) is 4.06. The molecular formula is C14H25ClN2O3. The van der Waals surface area contributed by atoms with E-state index in [1.165, 1.54) is 12.8 Å². The maximum atomic E-state index is 12.1. The van der Waals surface area contributed by atoms with E-state index in [-0.39, 0.29) is 24.2 Å². The van der Waals surface area contributed by atoms with Crippen LogP contribution in [-0.2, 0) is 9.59 Å². The molecule has 1 aliphatic heterocycles. The molecule has 2 N–H and O–H groups in total. The molecule has 2 unspecified atom stereocenters. The van der Waals surface area contributed by atoms with E-state index in [0.717, 1.165) is 25.9 Å². The van der Waals surface area contributed by atoms with Gasteiger partial charge in [-0.1, -0.05) is 6.92 Å². The third-order valence-electron chi connectivity index (χ3n) is 4.20. The zero-order chi connectivity index (χ0) is 13.8. The van der Waals surface area contributed by atoms with E-state index in [1.807, 2.05) is 11.8 Å². The van der Waals surface area contributed by atoms with Crippen LogP contribution in [0.4, 0.5) is 0 Å². The zero-order valence-electron chi connectivity index (χ0n) is 12.0. The van der Waals surface area contributed by atoms with Gasteiger partial charge in [-0.3, -0.25) is 14.5 Å². The Labute approximate surface area is 126 Å². The maximum Gasteiger partial charge on any atom is 0.320 e. The van der Waals surface area contributed by atoms with Gasteiger partial charge in [0.15, 0.2) is 0 Å². The Kier molecular flexibility index (Phi) is 6.76. The minimum atomic E-state index is -0.776. The third-order valence-corrected chi connectivity index (χ3v) is 4.20. The number of carboxylic acids is 1. The van der Waals surface area contributed by atoms with Crippen LogP contribution in [0.2, 0.25) is 0 Å². The van der Waals surface area contributed by atoms with Crippen molar-refractivity contribution in [2.45, 2.75) is 45.1 Å². The molecule has 2 atom stereocenters. The van der Waals surface area contributed by atoms with Crippen molar-refractivity contribution in [3.8, 4) is 0 Å². The van der Waals surface area contributed by atoms with Crippen molar-refractivity contribution < 1.29 is 14.7 Å². The second kappa shape index (κ2) is 7.84. The molecule has 0 aromatic carbocycles. The molecule has 2 rings (SSSR count). The Morgan fingerprint density at radius 2 is 2.05 bits per heavy atom. The smallest absolute Gasteiger partial charge is 0.320 e. The standard InChI is InChI=1S/C14H24N2O3.ClH/c1-2-12(14(18)19)16-7-3-4-11(9-16)13(17)15-8-10-5-6-10;/h10-12H,2-9H2,1H3,(H,15,17)(H,18,19);1H. The number of piperidine rings is 1. The molecule has 1 saturated heterocycles. The molecule has 2 fully saturated rings. The van der Waals surface area contributed by atoms with Gasteiger partial charge in [0.1, 0.15) is 6.04 Å². The summed E-state index contributed by atoms with van der Waals surface area (Å²) in [7, 11) is 0. The van der Waals surface area contributed by atoms with Crippen LogP contribution in [0.15, 0.2) is 0 Å². The molecule has 0 spiro atoms. The van der Waals surface area contributed by atoms with Crippen LogP contribution in [0, 0.1) is 11.8 Å². The monoisotopic (exact) mass is 304 g/mol. The summed E-state index contributed by atoms with van der Waals surface area (Å²) in [6, 6.07) is -0.445. The van der Waals surface area contributed by atoms with Gasteiger partial charge in [-0.15, -0.1) is 12.4 Å². The number of amides is 1. The highest BCUT2D eigenvalue weighted by Gasteiger charge is 2.32. The lowest BCUT2D eigenvalue weighted by Gasteiger charge is -2.35. The fraction of sp³-hybridized carbons (Fsp3) is 0.857. The number of hydrogen-bond donors (Lipinski definition) is 2. The van der Waals surface area contributed by atoms with E-state index < -0.39 is 12.0 Å². The molecule has 1 aliphatic carbocycles. The first-order valence-corrected chi connectivity index (χ1v) is 7.36. The quantitative estimate of drug-likeness (QED) is 0.780. The minimum absolute atomic E-state index is 0. The Hall–Kier alpha value is -0.810. The fourth-order valence-electron chi connectivity index (χ4n) is 2.80. The summed E-state index contributed by atoms with van der Waals surface area (Å²) in [5.41, 5.74) is 0. The average Bonchev–Trinajstić information content (AvgIpc) is 3.21. The van der Waals surface area contributed by atoms with Gasteiger partial charge < -0.3 is 10.4 Å². The van der Waals surface area contributed by atoms with Crippen molar-refractivity contribution >= 4 is 24.3 Å². The van der Waals surface area contributed by atoms with Gasteiger partial charge >= 0.3 is 5.97 Å². The lowest BCUT2D eigenvalue weighted by atomic mass is 9.95. The van der Waals surface area contributed by atoms with Crippen LogP contribution in [0.25, 0.3) is 0 Å². The molecule has 116 valence electrons. The van der Waals surface area contributed by atoms with Gasteiger partial charge in [-0.05, 0) is 44.6 Å². The van der Waals surface area contributed by atoms with E-state index in [1.54, 1.807) is 0 Å². The average molecular weight is 305 g/mol. The van der Waals surface area contributed by atoms with E-state index >= 15 is 0 Å². The lowest BCUT2D eigenvalue weighted by molar-refractivity contribution is -0.145. The number of nitrogens with zero attached hydrogens (tertiary/aromatic N) is 1. The number of hydrogen-bond acceptors (Lipinski definition) is 3. The molecule has 6 heteroatoms. The second-order valence-electron chi connectivity index (χ2n) is 5.78. The highest BCUT2D eigenvalue weighted by molar-refractivity contribution is 5.85. The fourth-order valence-corrected chi connectivity index (χ4v) is 2.80. The molecule has 2 aliphatic rings. The summed E-state index contributed by atoms with van der Waals surface area (Å²) in [6.07, 6.45) is 4.84. The molecule has 0 bridgehead atoms. The summed E-state index contributed by atoms with van der Waals surface area (Å²) in [4.78, 5) is 25.2. The number of nitrogens with one attached hydrogen (secondary N) is 1. The minimum Gasteiger partial charge on any atom is -0.480 e. The zero-order valence-corrected chi connectivity index (χ0v) is 12.8. The highest BCUT2D eigenvalue weighted by atomic mass is 35.5. The molecule has 0 radical (unpaired) electrons. The van der Waals surface area contributed by atoms with Gasteiger partial charge in [-0.25, -0.2) is 0 Å². The molecule has 20 heavy (non-hydrogen) atoms. The first-order chi connectivity index (χ1) is 9.11. The molecule has 5 nitrogen and oxygen atoms in total. The number of rotatable bonds is 6. The number of carboxylic acid groups (broad SMARTS) is 1. The predicted octanol–water partition coefficient (Wildman–Crippen LogP) is 1.51. The number of carbonyl (C=O) groups excluding carboxylic acids is 1. The van der Waals surface area contributed by atoms with Crippen LogP contribution in [0.5, 0.6) is 0 Å². The van der Waals surface area contributed by atoms with Gasteiger partial charge in [0, 0.05) is 13.1 Å². The normalized spacial score (nSPS) is 24.6. The summed E-state index contributed by atoms with van der Waals surface area (Å²) in [5, 5.41) is 12.2. The molecule has 1 amide bonds.